The zero-order valence-electron chi connectivity index (χ0n) is 14.3. The third-order valence-corrected chi connectivity index (χ3v) is 5.12. The summed E-state index contributed by atoms with van der Waals surface area (Å²) in [7, 11) is 3.31. The molecule has 1 amide bonds. The maximum absolute atomic E-state index is 11.7. The van der Waals surface area contributed by atoms with Gasteiger partial charge >= 0.3 is 0 Å². The van der Waals surface area contributed by atoms with Crippen molar-refractivity contribution in [3.05, 3.63) is 59.2 Å². The summed E-state index contributed by atoms with van der Waals surface area (Å²) < 4.78 is 10.6. The van der Waals surface area contributed by atoms with Crippen LogP contribution in [-0.2, 0) is 11.2 Å². The van der Waals surface area contributed by atoms with Crippen LogP contribution in [0.5, 0.6) is 11.5 Å². The van der Waals surface area contributed by atoms with Gasteiger partial charge in [0.2, 0.25) is 6.41 Å². The number of carbonyl (C=O) groups excluding carboxylic acids is 1. The van der Waals surface area contributed by atoms with Gasteiger partial charge in [0, 0.05) is 11.5 Å². The summed E-state index contributed by atoms with van der Waals surface area (Å²) in [5.41, 5.74) is 4.41. The molecule has 0 fully saturated rings. The van der Waals surface area contributed by atoms with E-state index in [1.54, 1.807) is 19.2 Å². The van der Waals surface area contributed by atoms with Crippen molar-refractivity contribution in [3.8, 4) is 11.5 Å². The van der Waals surface area contributed by atoms with Gasteiger partial charge in [-0.25, -0.2) is 5.01 Å². The van der Waals surface area contributed by atoms with Gasteiger partial charge in [0.05, 0.1) is 26.0 Å². The quantitative estimate of drug-likeness (QED) is 0.806. The number of fused-ring (bicyclic) bond motifs is 3. The number of methoxy groups -OCH3 is 2. The van der Waals surface area contributed by atoms with Crippen LogP contribution in [0, 0.1) is 5.92 Å². The van der Waals surface area contributed by atoms with Gasteiger partial charge in [-0.1, -0.05) is 18.2 Å². The summed E-state index contributed by atoms with van der Waals surface area (Å²) in [4.78, 5) is 11.7. The lowest BCUT2D eigenvalue weighted by molar-refractivity contribution is -0.120. The van der Waals surface area contributed by atoms with Crippen molar-refractivity contribution in [2.24, 2.45) is 11.0 Å². The molecule has 0 unspecified atom stereocenters. The van der Waals surface area contributed by atoms with Crippen LogP contribution in [0.3, 0.4) is 0 Å². The lowest BCUT2D eigenvalue weighted by atomic mass is 9.77. The zero-order chi connectivity index (χ0) is 17.4. The van der Waals surface area contributed by atoms with Crippen LogP contribution in [0.1, 0.15) is 29.2 Å². The van der Waals surface area contributed by atoms with E-state index >= 15 is 0 Å². The molecule has 4 rings (SSSR count). The highest BCUT2D eigenvalue weighted by atomic mass is 16.5. The van der Waals surface area contributed by atoms with Crippen molar-refractivity contribution in [1.29, 1.82) is 0 Å². The first-order valence-corrected chi connectivity index (χ1v) is 8.38. The summed E-state index contributed by atoms with van der Waals surface area (Å²) in [6.07, 6.45) is 2.77. The normalized spacial score (nSPS) is 21.2. The first-order chi connectivity index (χ1) is 12.2. The van der Waals surface area contributed by atoms with E-state index in [2.05, 4.69) is 11.2 Å². The predicted molar refractivity (Wildman–Crippen MR) is 95.0 cm³/mol. The Morgan fingerprint density at radius 2 is 1.80 bits per heavy atom. The molecule has 2 aromatic carbocycles. The molecule has 2 atom stereocenters. The highest BCUT2D eigenvalue weighted by Gasteiger charge is 2.41. The fraction of sp³-hybridized carbons (Fsp3) is 0.300. The second-order valence-corrected chi connectivity index (χ2v) is 6.36. The standard InChI is InChI=1S/C20H20N2O3/c1-24-15-7-4-14(5-8-15)20-17-10-6-13-3-9-16(25-2)11-18(13)19(17)21-22(20)12-23/h3-5,7-9,11-12,17,20H,6,10H2,1-2H3/t17-,20+/m1/s1. The van der Waals surface area contributed by atoms with E-state index < -0.39 is 0 Å². The van der Waals surface area contributed by atoms with E-state index in [4.69, 9.17) is 9.47 Å². The molecule has 0 radical (unpaired) electrons. The fourth-order valence-corrected chi connectivity index (χ4v) is 3.87. The highest BCUT2D eigenvalue weighted by molar-refractivity contribution is 6.06. The molecule has 0 bridgehead atoms. The van der Waals surface area contributed by atoms with Gasteiger partial charge in [-0.2, -0.15) is 5.10 Å². The van der Waals surface area contributed by atoms with Gasteiger partial charge < -0.3 is 9.47 Å². The second kappa shape index (κ2) is 6.24. The molecule has 128 valence electrons. The van der Waals surface area contributed by atoms with E-state index in [1.807, 2.05) is 36.4 Å². The van der Waals surface area contributed by atoms with Gasteiger partial charge in [0.25, 0.3) is 0 Å². The molecule has 1 heterocycles. The SMILES string of the molecule is COc1ccc([C@H]2[C@@H]3CCc4ccc(OC)cc4C3=NN2C=O)cc1. The number of hydrogen-bond donors (Lipinski definition) is 0. The Morgan fingerprint density at radius 3 is 2.48 bits per heavy atom. The number of ether oxygens (including phenoxy) is 2. The van der Waals surface area contributed by atoms with E-state index in [0.717, 1.165) is 47.6 Å². The predicted octanol–water partition coefficient (Wildman–Crippen LogP) is 3.18. The van der Waals surface area contributed by atoms with Crippen molar-refractivity contribution in [3.63, 3.8) is 0 Å². The molecule has 0 saturated heterocycles. The third-order valence-electron chi connectivity index (χ3n) is 5.12. The Hall–Kier alpha value is -2.82. The maximum Gasteiger partial charge on any atom is 0.230 e. The Kier molecular flexibility index (Phi) is 3.92. The van der Waals surface area contributed by atoms with Gasteiger partial charge in [-0.3, -0.25) is 4.79 Å². The van der Waals surface area contributed by atoms with Crippen molar-refractivity contribution < 1.29 is 14.3 Å². The highest BCUT2D eigenvalue weighted by Crippen LogP contribution is 2.43. The average Bonchev–Trinajstić information content (AvgIpc) is 3.06. The smallest absolute Gasteiger partial charge is 0.230 e. The number of amides is 1. The lowest BCUT2D eigenvalue weighted by Crippen LogP contribution is -2.28. The zero-order valence-corrected chi connectivity index (χ0v) is 14.3. The van der Waals surface area contributed by atoms with E-state index in [0.29, 0.717) is 0 Å². The average molecular weight is 336 g/mol. The molecule has 5 nitrogen and oxygen atoms in total. The second-order valence-electron chi connectivity index (χ2n) is 6.36. The third kappa shape index (κ3) is 2.56. The first-order valence-electron chi connectivity index (χ1n) is 8.38. The lowest BCUT2D eigenvalue weighted by Gasteiger charge is -2.28. The van der Waals surface area contributed by atoms with Crippen LogP contribution in [0.2, 0.25) is 0 Å². The minimum Gasteiger partial charge on any atom is -0.497 e. The van der Waals surface area contributed by atoms with Crippen molar-refractivity contribution >= 4 is 12.1 Å². The van der Waals surface area contributed by atoms with Crippen molar-refractivity contribution in [1.82, 2.24) is 5.01 Å². The molecule has 2 aromatic rings. The number of rotatable bonds is 4. The number of benzene rings is 2. The summed E-state index contributed by atoms with van der Waals surface area (Å²) in [5, 5.41) is 6.19. The molecule has 5 heteroatoms. The molecular weight excluding hydrogens is 316 g/mol. The van der Waals surface area contributed by atoms with Gasteiger partial charge in [-0.15, -0.1) is 0 Å². The number of aryl methyl sites for hydroxylation is 1. The molecule has 25 heavy (non-hydrogen) atoms. The molecule has 1 aliphatic carbocycles. The molecule has 1 aliphatic heterocycles. The van der Waals surface area contributed by atoms with Crippen LogP contribution in [0.4, 0.5) is 0 Å². The van der Waals surface area contributed by atoms with Gasteiger partial charge in [-0.05, 0) is 48.2 Å². The maximum atomic E-state index is 11.7. The minimum absolute atomic E-state index is 0.0715. The van der Waals surface area contributed by atoms with Crippen molar-refractivity contribution in [2.75, 3.05) is 14.2 Å². The Labute approximate surface area is 146 Å². The summed E-state index contributed by atoms with van der Waals surface area (Å²) in [6.45, 7) is 0. The monoisotopic (exact) mass is 336 g/mol. The molecule has 0 saturated carbocycles. The number of hydrazone groups is 1. The summed E-state index contributed by atoms with van der Waals surface area (Å²) in [5.74, 6) is 1.81. The Balaban J connectivity index is 1.74. The van der Waals surface area contributed by atoms with Gasteiger partial charge in [0.15, 0.2) is 0 Å². The van der Waals surface area contributed by atoms with Crippen LogP contribution in [-0.4, -0.2) is 31.4 Å². The number of nitrogens with zero attached hydrogens (tertiary/aromatic N) is 2. The van der Waals surface area contributed by atoms with Crippen LogP contribution in [0.25, 0.3) is 0 Å². The Bertz CT molecular complexity index is 829. The number of hydrogen-bond acceptors (Lipinski definition) is 4. The van der Waals surface area contributed by atoms with E-state index in [1.165, 1.54) is 5.56 Å². The molecule has 0 N–H and O–H groups in total. The Morgan fingerprint density at radius 1 is 1.08 bits per heavy atom. The molecular formula is C20H20N2O3. The summed E-state index contributed by atoms with van der Waals surface area (Å²) >= 11 is 0. The molecule has 0 aromatic heterocycles. The van der Waals surface area contributed by atoms with Crippen LogP contribution < -0.4 is 9.47 Å². The largest absolute Gasteiger partial charge is 0.497 e. The van der Waals surface area contributed by atoms with E-state index in [-0.39, 0.29) is 12.0 Å². The topological polar surface area (TPSA) is 51.1 Å². The fourth-order valence-electron chi connectivity index (χ4n) is 3.87. The molecule has 0 spiro atoms. The summed E-state index contributed by atoms with van der Waals surface area (Å²) in [6, 6.07) is 13.9. The molecule has 2 aliphatic rings. The van der Waals surface area contributed by atoms with Gasteiger partial charge in [0.1, 0.15) is 11.5 Å². The minimum atomic E-state index is -0.0715. The van der Waals surface area contributed by atoms with Crippen molar-refractivity contribution in [2.45, 2.75) is 18.9 Å². The van der Waals surface area contributed by atoms with Crippen LogP contribution >= 0.6 is 0 Å². The first kappa shape index (κ1) is 15.7. The number of carbonyl (C=O) groups is 1. The van der Waals surface area contributed by atoms with Crippen LogP contribution in [0.15, 0.2) is 47.6 Å². The van der Waals surface area contributed by atoms with E-state index in [9.17, 15) is 4.79 Å².